The summed E-state index contributed by atoms with van der Waals surface area (Å²) in [6.07, 6.45) is 9.08. The Kier molecular flexibility index (Phi) is 14.6. The number of aliphatic hydroxyl groups is 2. The molecule has 0 aromatic rings. The molecule has 8 unspecified atom stereocenters. The fourth-order valence-electron chi connectivity index (χ4n) is 5.56. The first-order chi connectivity index (χ1) is 17.0. The SMILES string of the molecule is CCCC(C)CC(C)CC(C)C(O)/C(C#N)=C\C=C\CC(OC(=O)CC(C)O)C1CCCC1C(=O)O. The number of nitrogens with zero attached hydrogens (tertiary/aromatic N) is 1. The van der Waals surface area contributed by atoms with Crippen molar-refractivity contribution in [1.29, 1.82) is 5.26 Å². The van der Waals surface area contributed by atoms with Crippen LogP contribution in [0.15, 0.2) is 23.8 Å². The lowest BCUT2D eigenvalue weighted by molar-refractivity contribution is -0.158. The van der Waals surface area contributed by atoms with E-state index in [4.69, 9.17) is 4.74 Å². The van der Waals surface area contributed by atoms with Crippen LogP contribution >= 0.6 is 0 Å². The van der Waals surface area contributed by atoms with Gasteiger partial charge in [0.15, 0.2) is 0 Å². The van der Waals surface area contributed by atoms with Crippen LogP contribution in [0, 0.1) is 40.9 Å². The predicted molar refractivity (Wildman–Crippen MR) is 140 cm³/mol. The topological polar surface area (TPSA) is 128 Å². The molecule has 7 heteroatoms. The summed E-state index contributed by atoms with van der Waals surface area (Å²) in [6.45, 7) is 10.1. The van der Waals surface area contributed by atoms with Crippen LogP contribution in [0.1, 0.15) is 92.4 Å². The molecule has 1 saturated carbocycles. The fraction of sp³-hybridized carbons (Fsp3) is 0.759. The van der Waals surface area contributed by atoms with Gasteiger partial charge >= 0.3 is 11.9 Å². The smallest absolute Gasteiger partial charge is 0.308 e. The summed E-state index contributed by atoms with van der Waals surface area (Å²) in [4.78, 5) is 23.9. The number of hydrogen-bond acceptors (Lipinski definition) is 6. The minimum Gasteiger partial charge on any atom is -0.481 e. The summed E-state index contributed by atoms with van der Waals surface area (Å²) < 4.78 is 5.59. The summed E-state index contributed by atoms with van der Waals surface area (Å²) in [6, 6.07) is 2.11. The van der Waals surface area contributed by atoms with Crippen molar-refractivity contribution >= 4 is 11.9 Å². The van der Waals surface area contributed by atoms with Crippen LogP contribution < -0.4 is 0 Å². The molecule has 7 nitrogen and oxygen atoms in total. The molecule has 8 atom stereocenters. The molecule has 1 rings (SSSR count). The van der Waals surface area contributed by atoms with E-state index in [0.29, 0.717) is 31.1 Å². The van der Waals surface area contributed by atoms with E-state index in [2.05, 4.69) is 26.8 Å². The van der Waals surface area contributed by atoms with Crippen molar-refractivity contribution in [2.75, 3.05) is 0 Å². The molecule has 36 heavy (non-hydrogen) atoms. The first-order valence-electron chi connectivity index (χ1n) is 13.5. The van der Waals surface area contributed by atoms with Crippen molar-refractivity contribution in [3.8, 4) is 6.07 Å². The number of carboxylic acid groups (broad SMARTS) is 1. The molecular weight excluding hydrogens is 458 g/mol. The Balaban J connectivity index is 2.83. The zero-order valence-electron chi connectivity index (χ0n) is 22.7. The Hall–Kier alpha value is -2.17. The highest BCUT2D eigenvalue weighted by Crippen LogP contribution is 2.37. The minimum absolute atomic E-state index is 0.0582. The fourth-order valence-corrected chi connectivity index (χ4v) is 5.56. The van der Waals surface area contributed by atoms with Gasteiger partial charge in [-0.1, -0.05) is 59.1 Å². The van der Waals surface area contributed by atoms with Crippen molar-refractivity contribution in [1.82, 2.24) is 0 Å². The van der Waals surface area contributed by atoms with E-state index in [-0.39, 0.29) is 23.8 Å². The second-order valence-corrected chi connectivity index (χ2v) is 10.9. The summed E-state index contributed by atoms with van der Waals surface area (Å²) in [5.41, 5.74) is 0.277. The molecule has 0 saturated heterocycles. The van der Waals surface area contributed by atoms with Gasteiger partial charge in [0.2, 0.25) is 0 Å². The van der Waals surface area contributed by atoms with E-state index < -0.39 is 36.2 Å². The third-order valence-corrected chi connectivity index (χ3v) is 7.24. The number of carbonyl (C=O) groups is 2. The molecule has 1 aliphatic rings. The largest absolute Gasteiger partial charge is 0.481 e. The van der Waals surface area contributed by atoms with Crippen molar-refractivity contribution < 1.29 is 29.6 Å². The lowest BCUT2D eigenvalue weighted by Crippen LogP contribution is -2.33. The van der Waals surface area contributed by atoms with Crippen LogP contribution in [0.5, 0.6) is 0 Å². The minimum atomic E-state index is -0.889. The third-order valence-electron chi connectivity index (χ3n) is 7.24. The van der Waals surface area contributed by atoms with Crippen LogP contribution in [0.25, 0.3) is 0 Å². The Labute approximate surface area is 217 Å². The van der Waals surface area contributed by atoms with Crippen LogP contribution in [0.4, 0.5) is 0 Å². The van der Waals surface area contributed by atoms with Gasteiger partial charge in [0.25, 0.3) is 0 Å². The summed E-state index contributed by atoms with van der Waals surface area (Å²) in [7, 11) is 0. The van der Waals surface area contributed by atoms with Gasteiger partial charge in [0.1, 0.15) is 6.10 Å². The first kappa shape index (κ1) is 31.9. The number of ether oxygens (including phenoxy) is 1. The number of aliphatic carboxylic acids is 1. The molecule has 0 aliphatic heterocycles. The lowest BCUT2D eigenvalue weighted by Gasteiger charge is -2.26. The number of rotatable bonds is 16. The molecule has 1 fully saturated rings. The Bertz CT molecular complexity index is 783. The average Bonchev–Trinajstić information content (AvgIpc) is 3.27. The van der Waals surface area contributed by atoms with E-state index in [1.54, 1.807) is 18.2 Å². The number of nitriles is 1. The van der Waals surface area contributed by atoms with E-state index in [0.717, 1.165) is 25.7 Å². The van der Waals surface area contributed by atoms with Crippen molar-refractivity contribution in [2.24, 2.45) is 29.6 Å². The summed E-state index contributed by atoms with van der Waals surface area (Å²) in [5, 5.41) is 39.4. The molecule has 0 bridgehead atoms. The van der Waals surface area contributed by atoms with Crippen LogP contribution in [0.3, 0.4) is 0 Å². The number of esters is 1. The Morgan fingerprint density at radius 2 is 1.81 bits per heavy atom. The average molecular weight is 506 g/mol. The van der Waals surface area contributed by atoms with Gasteiger partial charge in [-0.25, -0.2) is 0 Å². The molecule has 0 heterocycles. The zero-order chi connectivity index (χ0) is 27.3. The number of carboxylic acids is 1. The van der Waals surface area contributed by atoms with E-state index in [1.165, 1.54) is 13.3 Å². The van der Waals surface area contributed by atoms with Gasteiger partial charge in [-0.05, 0) is 56.4 Å². The van der Waals surface area contributed by atoms with E-state index in [1.807, 2.05) is 6.92 Å². The highest BCUT2D eigenvalue weighted by Gasteiger charge is 2.39. The van der Waals surface area contributed by atoms with Crippen LogP contribution in [0.2, 0.25) is 0 Å². The predicted octanol–water partition coefficient (Wildman–Crippen LogP) is 5.42. The zero-order valence-corrected chi connectivity index (χ0v) is 22.7. The quantitative estimate of drug-likeness (QED) is 0.145. The Morgan fingerprint density at radius 1 is 1.11 bits per heavy atom. The Morgan fingerprint density at radius 3 is 2.39 bits per heavy atom. The van der Waals surface area contributed by atoms with Gasteiger partial charge in [0.05, 0.1) is 36.2 Å². The normalized spacial score (nSPS) is 23.4. The number of allylic oxidation sites excluding steroid dienone is 2. The van der Waals surface area contributed by atoms with Gasteiger partial charge in [-0.15, -0.1) is 0 Å². The van der Waals surface area contributed by atoms with Crippen molar-refractivity contribution in [3.05, 3.63) is 23.8 Å². The maximum Gasteiger partial charge on any atom is 0.308 e. The molecule has 0 radical (unpaired) electrons. The summed E-state index contributed by atoms with van der Waals surface area (Å²) >= 11 is 0. The highest BCUT2D eigenvalue weighted by atomic mass is 16.5. The van der Waals surface area contributed by atoms with Crippen LogP contribution in [-0.4, -0.2) is 45.6 Å². The van der Waals surface area contributed by atoms with Gasteiger partial charge in [0, 0.05) is 12.3 Å². The maximum absolute atomic E-state index is 12.2. The molecule has 3 N–H and O–H groups in total. The van der Waals surface area contributed by atoms with Crippen molar-refractivity contribution in [2.45, 2.75) is 111 Å². The molecule has 0 amide bonds. The van der Waals surface area contributed by atoms with E-state index in [9.17, 15) is 30.2 Å². The third kappa shape index (κ3) is 11.3. The monoisotopic (exact) mass is 505 g/mol. The molecule has 0 aromatic heterocycles. The lowest BCUT2D eigenvalue weighted by atomic mass is 9.84. The second-order valence-electron chi connectivity index (χ2n) is 10.9. The number of hydrogen-bond donors (Lipinski definition) is 3. The van der Waals surface area contributed by atoms with Gasteiger partial charge in [-0.2, -0.15) is 5.26 Å². The maximum atomic E-state index is 12.2. The molecule has 204 valence electrons. The first-order valence-corrected chi connectivity index (χ1v) is 13.5. The second kappa shape index (κ2) is 16.6. The number of aliphatic hydroxyl groups excluding tert-OH is 2. The summed E-state index contributed by atoms with van der Waals surface area (Å²) in [5.74, 6) is -1.27. The highest BCUT2D eigenvalue weighted by molar-refractivity contribution is 5.72. The molecule has 1 aliphatic carbocycles. The molecule has 0 spiro atoms. The van der Waals surface area contributed by atoms with Crippen LogP contribution in [-0.2, 0) is 14.3 Å². The van der Waals surface area contributed by atoms with Gasteiger partial charge < -0.3 is 20.1 Å². The van der Waals surface area contributed by atoms with E-state index >= 15 is 0 Å². The van der Waals surface area contributed by atoms with Crippen molar-refractivity contribution in [3.63, 3.8) is 0 Å². The van der Waals surface area contributed by atoms with Gasteiger partial charge in [-0.3, -0.25) is 9.59 Å². The number of carbonyl (C=O) groups excluding carboxylic acids is 1. The standard InChI is InChI=1S/C29H47NO6/c1-6-10-19(2)15-20(3)16-21(4)28(33)23(18-30)11-7-8-14-26(36-27(32)17-22(5)31)24-12-9-13-25(24)29(34)35/h7-8,11,19-22,24-26,28,31,33H,6,9-10,12-17H2,1-5H3,(H,34,35)/b8-7+,23-11-. The molecule has 0 aromatic carbocycles. The molecular formula is C29H47NO6.